The number of piperidine rings is 1. The first-order valence-electron chi connectivity index (χ1n) is 10.2. The second kappa shape index (κ2) is 9.05. The van der Waals surface area contributed by atoms with E-state index in [0.29, 0.717) is 43.1 Å². The van der Waals surface area contributed by atoms with Crippen LogP contribution in [0, 0.1) is 5.82 Å². The van der Waals surface area contributed by atoms with Crippen LogP contribution in [-0.2, 0) is 10.0 Å². The number of benzene rings is 2. The van der Waals surface area contributed by atoms with Crippen LogP contribution in [0.1, 0.15) is 29.6 Å². The molecule has 2 aromatic rings. The van der Waals surface area contributed by atoms with Crippen LogP contribution in [0.2, 0.25) is 10.0 Å². The average molecular weight is 502 g/mol. The van der Waals surface area contributed by atoms with Gasteiger partial charge in [0.1, 0.15) is 5.82 Å². The Morgan fingerprint density at radius 1 is 1.06 bits per heavy atom. The van der Waals surface area contributed by atoms with Crippen LogP contribution >= 0.6 is 23.2 Å². The number of halogens is 3. The first-order valence-corrected chi connectivity index (χ1v) is 12.5. The van der Waals surface area contributed by atoms with Gasteiger partial charge in [-0.3, -0.25) is 9.10 Å². The maximum absolute atomic E-state index is 14.5. The Morgan fingerprint density at radius 3 is 2.44 bits per heavy atom. The van der Waals surface area contributed by atoms with Crippen LogP contribution in [0.4, 0.5) is 21.5 Å². The van der Waals surface area contributed by atoms with Crippen LogP contribution in [0.25, 0.3) is 0 Å². The Labute approximate surface area is 195 Å². The molecule has 0 atom stereocenters. The summed E-state index contributed by atoms with van der Waals surface area (Å²) < 4.78 is 40.0. The number of nitrogens with one attached hydrogen (secondary N) is 1. The zero-order valence-corrected chi connectivity index (χ0v) is 19.4. The normalized spacial score (nSPS) is 18.8. The third-order valence-corrected chi connectivity index (χ3v) is 8.09. The smallest absolute Gasteiger partial charge is 0.257 e. The summed E-state index contributed by atoms with van der Waals surface area (Å²) >= 11 is 12.3. The van der Waals surface area contributed by atoms with E-state index in [0.717, 1.165) is 16.1 Å². The van der Waals surface area contributed by atoms with Gasteiger partial charge in [-0.1, -0.05) is 23.2 Å². The maximum atomic E-state index is 14.5. The van der Waals surface area contributed by atoms with Crippen LogP contribution in [0.5, 0.6) is 0 Å². The van der Waals surface area contributed by atoms with Crippen molar-refractivity contribution in [3.63, 3.8) is 0 Å². The number of hydrogen-bond acceptors (Lipinski definition) is 5. The number of sulfonamides is 1. The zero-order valence-electron chi connectivity index (χ0n) is 17.0. The monoisotopic (exact) mass is 501 g/mol. The molecule has 0 bridgehead atoms. The number of aliphatic hydroxyl groups excluding tert-OH is 1. The van der Waals surface area contributed by atoms with Crippen molar-refractivity contribution in [2.75, 3.05) is 39.9 Å². The van der Waals surface area contributed by atoms with Gasteiger partial charge in [-0.2, -0.15) is 0 Å². The molecule has 2 aliphatic heterocycles. The highest BCUT2D eigenvalue weighted by atomic mass is 35.5. The molecular formula is C21H22Cl2FN3O4S. The molecule has 1 amide bonds. The Morgan fingerprint density at radius 2 is 1.78 bits per heavy atom. The SMILES string of the molecule is O=C(Nc1cc(Cl)cc(N2CCC(O)CC2)c1)c1cc(N2CCCS2(=O)=O)cc(F)c1Cl. The summed E-state index contributed by atoms with van der Waals surface area (Å²) in [5.41, 5.74) is 1.06. The summed E-state index contributed by atoms with van der Waals surface area (Å²) in [6.45, 7) is 1.52. The topological polar surface area (TPSA) is 90.0 Å². The molecule has 2 N–H and O–H groups in total. The quantitative estimate of drug-likeness (QED) is 0.663. The summed E-state index contributed by atoms with van der Waals surface area (Å²) in [5, 5.41) is 12.4. The zero-order chi connectivity index (χ0) is 23.0. The van der Waals surface area contributed by atoms with Crippen molar-refractivity contribution in [3.8, 4) is 0 Å². The highest BCUT2D eigenvalue weighted by molar-refractivity contribution is 7.93. The standard InChI is InChI=1S/C21H22Cl2FN3O4S/c22-13-8-14(10-15(9-13)26-5-2-17(28)3-6-26)25-21(29)18-11-16(12-19(24)20(18)23)27-4-1-7-32(27,30)31/h8-12,17,28H,1-7H2,(H,25,29). The molecule has 0 spiro atoms. The van der Waals surface area contributed by atoms with Crippen molar-refractivity contribution in [2.45, 2.75) is 25.4 Å². The predicted molar refractivity (Wildman–Crippen MR) is 124 cm³/mol. The molecule has 2 saturated heterocycles. The van der Waals surface area contributed by atoms with E-state index in [1.54, 1.807) is 18.2 Å². The van der Waals surface area contributed by atoms with Crippen molar-refractivity contribution < 1.29 is 22.7 Å². The van der Waals surface area contributed by atoms with Gasteiger partial charge >= 0.3 is 0 Å². The van der Waals surface area contributed by atoms with Gasteiger partial charge in [0.25, 0.3) is 5.91 Å². The lowest BCUT2D eigenvalue weighted by molar-refractivity contribution is 0.102. The molecule has 0 aliphatic carbocycles. The lowest BCUT2D eigenvalue weighted by atomic mass is 10.1. The Bertz CT molecular complexity index is 1150. The number of anilines is 3. The van der Waals surface area contributed by atoms with Crippen molar-refractivity contribution in [1.29, 1.82) is 0 Å². The van der Waals surface area contributed by atoms with E-state index in [2.05, 4.69) is 10.2 Å². The highest BCUT2D eigenvalue weighted by Crippen LogP contribution is 2.32. The molecule has 0 radical (unpaired) electrons. The number of rotatable bonds is 4. The van der Waals surface area contributed by atoms with E-state index in [9.17, 15) is 22.7 Å². The lowest BCUT2D eigenvalue weighted by Crippen LogP contribution is -2.35. The van der Waals surface area contributed by atoms with Crippen LogP contribution in [0.15, 0.2) is 30.3 Å². The molecule has 7 nitrogen and oxygen atoms in total. The fourth-order valence-corrected chi connectivity index (χ4v) is 5.94. The number of carbonyl (C=O) groups is 1. The van der Waals surface area contributed by atoms with Gasteiger partial charge < -0.3 is 15.3 Å². The van der Waals surface area contributed by atoms with Gasteiger partial charge in [0.05, 0.1) is 28.1 Å². The summed E-state index contributed by atoms with van der Waals surface area (Å²) in [6.07, 6.45) is 1.37. The minimum absolute atomic E-state index is 0.0302. The Balaban J connectivity index is 1.60. The predicted octanol–water partition coefficient (Wildman–Crippen LogP) is 3.89. The fourth-order valence-electron chi connectivity index (χ4n) is 3.96. The van der Waals surface area contributed by atoms with E-state index < -0.39 is 26.8 Å². The van der Waals surface area contributed by atoms with Crippen molar-refractivity contribution in [3.05, 3.63) is 51.8 Å². The van der Waals surface area contributed by atoms with E-state index in [-0.39, 0.29) is 29.7 Å². The van der Waals surface area contributed by atoms with Crippen LogP contribution in [0.3, 0.4) is 0 Å². The van der Waals surface area contributed by atoms with Gasteiger partial charge in [-0.25, -0.2) is 12.8 Å². The number of nitrogens with zero attached hydrogens (tertiary/aromatic N) is 2. The third-order valence-electron chi connectivity index (χ3n) is 5.61. The maximum Gasteiger partial charge on any atom is 0.257 e. The van der Waals surface area contributed by atoms with Crippen molar-refractivity contribution in [2.24, 2.45) is 0 Å². The first kappa shape index (κ1) is 23.1. The number of hydrogen-bond donors (Lipinski definition) is 2. The lowest BCUT2D eigenvalue weighted by Gasteiger charge is -2.31. The van der Waals surface area contributed by atoms with E-state index in [1.165, 1.54) is 6.07 Å². The second-order valence-electron chi connectivity index (χ2n) is 7.90. The Kier molecular flexibility index (Phi) is 6.53. The Hall–Kier alpha value is -2.07. The molecule has 2 fully saturated rings. The van der Waals surface area contributed by atoms with E-state index in [4.69, 9.17) is 23.2 Å². The van der Waals surface area contributed by atoms with Gasteiger partial charge in [-0.15, -0.1) is 0 Å². The average Bonchev–Trinajstić information content (AvgIpc) is 3.09. The molecule has 2 aromatic carbocycles. The van der Waals surface area contributed by atoms with Crippen molar-refractivity contribution in [1.82, 2.24) is 0 Å². The molecule has 4 rings (SSSR count). The fraction of sp³-hybridized carbons (Fsp3) is 0.381. The first-order chi connectivity index (χ1) is 15.1. The van der Waals surface area contributed by atoms with E-state index in [1.807, 2.05) is 0 Å². The molecular weight excluding hydrogens is 480 g/mol. The summed E-state index contributed by atoms with van der Waals surface area (Å²) in [7, 11) is -3.55. The molecule has 172 valence electrons. The third kappa shape index (κ3) is 4.80. The largest absolute Gasteiger partial charge is 0.393 e. The van der Waals surface area contributed by atoms with Gasteiger partial charge in [0.2, 0.25) is 10.0 Å². The minimum Gasteiger partial charge on any atom is -0.393 e. The second-order valence-corrected chi connectivity index (χ2v) is 10.7. The summed E-state index contributed by atoms with van der Waals surface area (Å²) in [4.78, 5) is 15.0. The molecule has 2 heterocycles. The molecule has 0 saturated carbocycles. The minimum atomic E-state index is -3.55. The highest BCUT2D eigenvalue weighted by Gasteiger charge is 2.30. The molecule has 0 unspecified atom stereocenters. The van der Waals surface area contributed by atoms with Gasteiger partial charge in [-0.05, 0) is 49.6 Å². The molecule has 2 aliphatic rings. The van der Waals surface area contributed by atoms with Gasteiger partial charge in [0.15, 0.2) is 0 Å². The molecule has 11 heteroatoms. The molecule has 32 heavy (non-hydrogen) atoms. The van der Waals surface area contributed by atoms with Crippen LogP contribution < -0.4 is 14.5 Å². The molecule has 0 aromatic heterocycles. The van der Waals surface area contributed by atoms with Crippen LogP contribution in [-0.4, -0.2) is 50.9 Å². The summed E-state index contributed by atoms with van der Waals surface area (Å²) in [6, 6.07) is 7.35. The van der Waals surface area contributed by atoms with Gasteiger partial charge in [0, 0.05) is 36.0 Å². The number of carbonyl (C=O) groups excluding carboxylic acids is 1. The number of amides is 1. The number of aliphatic hydroxyl groups is 1. The van der Waals surface area contributed by atoms with Crippen molar-refractivity contribution >= 4 is 56.2 Å². The van der Waals surface area contributed by atoms with E-state index >= 15 is 0 Å². The summed E-state index contributed by atoms with van der Waals surface area (Å²) in [5.74, 6) is -1.60.